The minimum atomic E-state index is -2.79. The lowest BCUT2D eigenvalue weighted by molar-refractivity contribution is 0.341. The van der Waals surface area contributed by atoms with E-state index in [-0.39, 0.29) is 0 Å². The van der Waals surface area contributed by atoms with E-state index in [9.17, 15) is 8.42 Å². The maximum atomic E-state index is 13.5. The predicted octanol–water partition coefficient (Wildman–Crippen LogP) is 4.36. The Morgan fingerprint density at radius 1 is 0.871 bits per heavy atom. The predicted molar refractivity (Wildman–Crippen MR) is 137 cm³/mol. The number of rotatable bonds is 7. The second kappa shape index (κ2) is 9.27. The average molecular weight is 462 g/mol. The summed E-state index contributed by atoms with van der Waals surface area (Å²) in [6.45, 7) is 2.32. The molecule has 0 aromatic heterocycles. The van der Waals surface area contributed by atoms with Gasteiger partial charge in [-0.1, -0.05) is 19.1 Å². The smallest absolute Gasteiger partial charge is 0.0739 e. The monoisotopic (exact) mass is 461 g/mol. The van der Waals surface area contributed by atoms with Crippen LogP contribution in [0.15, 0.2) is 58.3 Å². The van der Waals surface area contributed by atoms with Gasteiger partial charge in [-0.15, -0.1) is 0 Å². The molecule has 1 aliphatic carbocycles. The number of nitrogens with zero attached hydrogens (tertiary/aromatic N) is 2. The number of para-hydroxylation sites is 2. The Bertz CT molecular complexity index is 1100. The van der Waals surface area contributed by atoms with Crippen molar-refractivity contribution in [3.8, 4) is 0 Å². The molecular formula is C24H35N3O2S2. The summed E-state index contributed by atoms with van der Waals surface area (Å²) in [6.07, 6.45) is 4.82. The van der Waals surface area contributed by atoms with Gasteiger partial charge in [0.2, 0.25) is 0 Å². The third kappa shape index (κ3) is 5.27. The van der Waals surface area contributed by atoms with Gasteiger partial charge >= 0.3 is 0 Å². The summed E-state index contributed by atoms with van der Waals surface area (Å²) in [5, 5.41) is 0. The molecule has 7 heteroatoms. The van der Waals surface area contributed by atoms with Crippen LogP contribution >= 0.6 is 0 Å². The van der Waals surface area contributed by atoms with Crippen molar-refractivity contribution < 1.29 is 8.42 Å². The fourth-order valence-electron chi connectivity index (χ4n) is 4.01. The molecule has 1 N–H and O–H groups in total. The van der Waals surface area contributed by atoms with E-state index in [0.29, 0.717) is 15.8 Å². The summed E-state index contributed by atoms with van der Waals surface area (Å²) >= 11 is 0. The quantitative estimate of drug-likeness (QED) is 0.624. The van der Waals surface area contributed by atoms with Crippen LogP contribution in [0.25, 0.3) is 0 Å². The van der Waals surface area contributed by atoms with Gasteiger partial charge in [0.25, 0.3) is 0 Å². The molecule has 0 bridgehead atoms. The highest BCUT2D eigenvalue weighted by atomic mass is 32.2. The van der Waals surface area contributed by atoms with E-state index in [0.717, 1.165) is 17.3 Å². The van der Waals surface area contributed by atoms with Gasteiger partial charge in [0.1, 0.15) is 0 Å². The van der Waals surface area contributed by atoms with Crippen molar-refractivity contribution in [1.82, 2.24) is 4.31 Å². The molecule has 0 spiro atoms. The summed E-state index contributed by atoms with van der Waals surface area (Å²) in [4.78, 5) is 3.47. The van der Waals surface area contributed by atoms with Crippen molar-refractivity contribution in [3.63, 3.8) is 0 Å². The normalized spacial score (nSPS) is 23.0. The molecule has 0 aliphatic heterocycles. The zero-order valence-electron chi connectivity index (χ0n) is 19.0. The third-order valence-corrected chi connectivity index (χ3v) is 10.0. The zero-order valence-corrected chi connectivity index (χ0v) is 20.7. The molecule has 0 radical (unpaired) electrons. The number of nitrogens with one attached hydrogen (secondary N) is 1. The highest BCUT2D eigenvalue weighted by molar-refractivity contribution is 8.01. The fraction of sp³-hybridized carbons (Fsp3) is 0.417. The van der Waals surface area contributed by atoms with Crippen molar-refractivity contribution in [2.75, 3.05) is 30.8 Å². The summed E-state index contributed by atoms with van der Waals surface area (Å²) in [6, 6.07) is 15.3. The van der Waals surface area contributed by atoms with Gasteiger partial charge < -0.3 is 9.62 Å². The Morgan fingerprint density at radius 3 is 2.00 bits per heavy atom. The van der Waals surface area contributed by atoms with Crippen LogP contribution in [0.4, 0.5) is 11.4 Å². The number of hydrogen-bond acceptors (Lipinski definition) is 3. The summed E-state index contributed by atoms with van der Waals surface area (Å²) in [5.74, 6) is 8.60. The molecule has 1 saturated carbocycles. The third-order valence-electron chi connectivity index (χ3n) is 6.25. The van der Waals surface area contributed by atoms with Crippen LogP contribution < -0.4 is 9.62 Å². The molecule has 2 aromatic carbocycles. The summed E-state index contributed by atoms with van der Waals surface area (Å²) < 4.78 is 31.0. The van der Waals surface area contributed by atoms with E-state index in [1.54, 1.807) is 42.7 Å². The van der Waals surface area contributed by atoms with Gasteiger partial charge in [0.15, 0.2) is 0 Å². The lowest BCUT2D eigenvalue weighted by Crippen LogP contribution is -2.35. The highest BCUT2D eigenvalue weighted by Gasteiger charge is 2.24. The molecule has 31 heavy (non-hydrogen) atoms. The van der Waals surface area contributed by atoms with Gasteiger partial charge in [0.05, 0.1) is 30.8 Å². The molecule has 170 valence electrons. The van der Waals surface area contributed by atoms with E-state index in [2.05, 4.69) is 41.4 Å². The first-order valence-electron chi connectivity index (χ1n) is 10.6. The lowest BCUT2D eigenvalue weighted by atomic mass is 9.86. The number of hydrogen-bond donors (Lipinski definition) is 1. The first-order chi connectivity index (χ1) is 14.5. The van der Waals surface area contributed by atoms with E-state index >= 15 is 0 Å². The average Bonchev–Trinajstić information content (AvgIpc) is 2.74. The first kappa shape index (κ1) is 23.7. The van der Waals surface area contributed by atoms with E-state index in [1.807, 2.05) is 18.2 Å². The Balaban J connectivity index is 1.84. The number of benzene rings is 2. The molecular weight excluding hydrogens is 426 g/mol. The molecule has 2 aromatic rings. The minimum absolute atomic E-state index is 0.482. The maximum Gasteiger partial charge on any atom is 0.0739 e. The maximum absolute atomic E-state index is 13.5. The van der Waals surface area contributed by atoms with Crippen molar-refractivity contribution >= 4 is 42.5 Å². The topological polar surface area (TPSA) is 52.7 Å². The Hall–Kier alpha value is -1.96. The van der Waals surface area contributed by atoms with Crippen molar-refractivity contribution in [3.05, 3.63) is 48.5 Å². The molecule has 0 amide bonds. The summed E-state index contributed by atoms with van der Waals surface area (Å²) in [7, 11) is 0.248. The Kier molecular flexibility index (Phi) is 7.08. The largest absolute Gasteiger partial charge is 0.370 e. The van der Waals surface area contributed by atoms with E-state index in [1.165, 1.54) is 25.7 Å². The van der Waals surface area contributed by atoms with Crippen molar-refractivity contribution in [2.45, 2.75) is 48.4 Å². The van der Waals surface area contributed by atoms with Crippen molar-refractivity contribution in [1.29, 1.82) is 0 Å². The van der Waals surface area contributed by atoms with Crippen LogP contribution in [0.3, 0.4) is 0 Å². The van der Waals surface area contributed by atoms with Crippen LogP contribution in [-0.2, 0) is 19.4 Å². The van der Waals surface area contributed by atoms with E-state index < -0.39 is 19.4 Å². The second-order valence-electron chi connectivity index (χ2n) is 8.74. The number of anilines is 2. The van der Waals surface area contributed by atoms with Crippen LogP contribution in [0.5, 0.6) is 0 Å². The zero-order chi connectivity index (χ0) is 22.8. The van der Waals surface area contributed by atoms with Crippen LogP contribution in [0.1, 0.15) is 32.6 Å². The molecule has 2 atom stereocenters. The van der Waals surface area contributed by atoms with E-state index in [4.69, 9.17) is 0 Å². The van der Waals surface area contributed by atoms with Crippen molar-refractivity contribution in [2.24, 2.45) is 5.92 Å². The molecule has 0 saturated heterocycles. The molecule has 1 aliphatic rings. The van der Waals surface area contributed by atoms with Crippen LogP contribution in [0.2, 0.25) is 0 Å². The molecule has 1 fully saturated rings. The summed E-state index contributed by atoms with van der Waals surface area (Å²) in [5.41, 5.74) is 1.84. The van der Waals surface area contributed by atoms with Gasteiger partial charge in [0, 0.05) is 22.9 Å². The van der Waals surface area contributed by atoms with Gasteiger partial charge in [-0.25, -0.2) is 12.7 Å². The standard InChI is InChI=1S/C24H35N3O2S2/c1-19-11-13-20(14-12-19)27(4)24-10-8-7-9-23(24)25-30(5,28)21-15-17-22(18-16-21)31(6,29)26(2)3/h7-10,15-20H,5-6,11-14H2,1-4H3,(H,25,28). The minimum Gasteiger partial charge on any atom is -0.370 e. The van der Waals surface area contributed by atoms with Crippen LogP contribution in [-0.4, -0.2) is 51.6 Å². The molecule has 5 nitrogen and oxygen atoms in total. The SMILES string of the molecule is C=S(=O)(Nc1ccccc1N(C)C1CCC(C)CC1)c1ccc(S(=C)(=O)N(C)C)cc1. The van der Waals surface area contributed by atoms with Gasteiger partial charge in [-0.05, 0) is 93.8 Å². The van der Waals surface area contributed by atoms with Gasteiger partial charge in [-0.2, -0.15) is 0 Å². The second-order valence-corrected chi connectivity index (χ2v) is 13.3. The Labute approximate surface area is 188 Å². The van der Waals surface area contributed by atoms with Gasteiger partial charge in [-0.3, -0.25) is 0 Å². The Morgan fingerprint density at radius 2 is 1.42 bits per heavy atom. The first-order valence-corrected chi connectivity index (χ1v) is 14.0. The molecule has 2 unspecified atom stereocenters. The molecule has 0 heterocycles. The van der Waals surface area contributed by atoms with Crippen LogP contribution in [0, 0.1) is 5.92 Å². The fourth-order valence-corrected chi connectivity index (χ4v) is 6.22. The molecule has 3 rings (SSSR count). The highest BCUT2D eigenvalue weighted by Crippen LogP contribution is 2.34. The lowest BCUT2D eigenvalue weighted by Gasteiger charge is -2.36.